The van der Waals surface area contributed by atoms with E-state index in [4.69, 9.17) is 0 Å². The van der Waals surface area contributed by atoms with Crippen LogP contribution in [-0.4, -0.2) is 9.67 Å². The van der Waals surface area contributed by atoms with Crippen LogP contribution in [-0.2, 0) is 6.54 Å². The van der Waals surface area contributed by atoms with Gasteiger partial charge in [0.25, 0.3) is 0 Å². The van der Waals surface area contributed by atoms with E-state index in [2.05, 4.69) is 31.4 Å². The lowest BCUT2D eigenvalue weighted by molar-refractivity contribution is 0.224. The molecule has 1 aromatic heterocycles. The summed E-state index contributed by atoms with van der Waals surface area (Å²) in [4.78, 5) is 13.2. The second-order valence-electron chi connectivity index (χ2n) is 6.76. The Kier molecular flexibility index (Phi) is 3.36. The van der Waals surface area contributed by atoms with Gasteiger partial charge in [-0.15, -0.1) is 0 Å². The molecule has 2 aromatic carbocycles. The van der Waals surface area contributed by atoms with Crippen molar-refractivity contribution < 1.29 is 5.11 Å². The number of aliphatic hydroxyl groups is 1. The fraction of sp³-hybridized carbons (Fsp3) is 0.286. The van der Waals surface area contributed by atoms with Crippen LogP contribution in [0, 0.1) is 0 Å². The highest BCUT2D eigenvalue weighted by Gasteiger charge is 2.32. The fourth-order valence-corrected chi connectivity index (χ4v) is 3.83. The van der Waals surface area contributed by atoms with Gasteiger partial charge in [0, 0.05) is 17.5 Å². The third-order valence-electron chi connectivity index (χ3n) is 5.09. The average molecular weight is 319 g/mol. The predicted molar refractivity (Wildman–Crippen MR) is 97.5 cm³/mol. The lowest BCUT2D eigenvalue weighted by atomic mass is 9.98. The van der Waals surface area contributed by atoms with Crippen molar-refractivity contribution in [2.24, 2.45) is 0 Å². The summed E-state index contributed by atoms with van der Waals surface area (Å²) in [6.45, 7) is 7.07. The Morgan fingerprint density at radius 2 is 1.92 bits per heavy atom. The highest BCUT2D eigenvalue weighted by Crippen LogP contribution is 2.42. The van der Waals surface area contributed by atoms with E-state index >= 15 is 0 Å². The number of pyridine rings is 1. The molecule has 122 valence electrons. The Morgan fingerprint density at radius 1 is 1.17 bits per heavy atom. The predicted octanol–water partition coefficient (Wildman–Crippen LogP) is 4.21. The Hall–Kier alpha value is -2.39. The van der Waals surface area contributed by atoms with Crippen molar-refractivity contribution in [3.63, 3.8) is 0 Å². The molecular weight excluding hydrogens is 298 g/mol. The number of aryl methyl sites for hydroxylation is 1. The molecule has 0 bridgehead atoms. The van der Waals surface area contributed by atoms with Crippen molar-refractivity contribution in [2.75, 3.05) is 0 Å². The highest BCUT2D eigenvalue weighted by atomic mass is 16.3. The Morgan fingerprint density at radius 3 is 2.62 bits per heavy atom. The number of aliphatic hydroxyl groups excluding tert-OH is 1. The Labute approximate surface area is 141 Å². The van der Waals surface area contributed by atoms with Crippen molar-refractivity contribution in [3.8, 4) is 11.3 Å². The molecule has 0 fully saturated rings. The van der Waals surface area contributed by atoms with E-state index in [1.807, 2.05) is 36.4 Å². The standard InChI is InChI=1S/C21H21NO2/c1-4-22-17-10-9-13(12(2)3)11-16(17)21(24)18-19(22)14-7-5-6-8-15(14)20(18)23/h5-12,20,23H,4H2,1-3H3. The van der Waals surface area contributed by atoms with Crippen LogP contribution < -0.4 is 5.43 Å². The lowest BCUT2D eigenvalue weighted by Gasteiger charge is -2.17. The summed E-state index contributed by atoms with van der Waals surface area (Å²) < 4.78 is 2.16. The molecule has 1 N–H and O–H groups in total. The van der Waals surface area contributed by atoms with Gasteiger partial charge in [-0.2, -0.15) is 0 Å². The molecule has 1 aliphatic carbocycles. The molecule has 0 radical (unpaired) electrons. The molecule has 3 aromatic rings. The van der Waals surface area contributed by atoms with Gasteiger partial charge in [0.15, 0.2) is 5.43 Å². The van der Waals surface area contributed by atoms with Crippen LogP contribution in [0.3, 0.4) is 0 Å². The summed E-state index contributed by atoms with van der Waals surface area (Å²) in [6.07, 6.45) is -0.839. The minimum absolute atomic E-state index is 0.0455. The summed E-state index contributed by atoms with van der Waals surface area (Å²) in [6, 6.07) is 13.9. The van der Waals surface area contributed by atoms with Crippen LogP contribution >= 0.6 is 0 Å². The van der Waals surface area contributed by atoms with Crippen LogP contribution in [0.25, 0.3) is 22.2 Å². The Balaban J connectivity index is 2.17. The van der Waals surface area contributed by atoms with Gasteiger partial charge in [-0.3, -0.25) is 4.79 Å². The number of aromatic nitrogens is 1. The molecule has 3 heteroatoms. The molecule has 3 nitrogen and oxygen atoms in total. The molecule has 0 aliphatic heterocycles. The van der Waals surface area contributed by atoms with Crippen LogP contribution in [0.4, 0.5) is 0 Å². The first-order chi connectivity index (χ1) is 11.5. The SMILES string of the molecule is CCn1c2c(c(=O)c3cc(C(C)C)ccc31)C(O)c1ccccc1-2. The van der Waals surface area contributed by atoms with Gasteiger partial charge in [0.2, 0.25) is 0 Å². The molecule has 1 aliphatic rings. The van der Waals surface area contributed by atoms with Crippen molar-refractivity contribution >= 4 is 10.9 Å². The normalized spacial score (nSPS) is 15.8. The first-order valence-electron chi connectivity index (χ1n) is 8.52. The van der Waals surface area contributed by atoms with E-state index in [9.17, 15) is 9.90 Å². The van der Waals surface area contributed by atoms with Crippen LogP contribution in [0.2, 0.25) is 0 Å². The van der Waals surface area contributed by atoms with Gasteiger partial charge in [0.1, 0.15) is 6.10 Å². The molecule has 1 heterocycles. The summed E-state index contributed by atoms with van der Waals surface area (Å²) >= 11 is 0. The fourth-order valence-electron chi connectivity index (χ4n) is 3.83. The van der Waals surface area contributed by atoms with Gasteiger partial charge in [-0.25, -0.2) is 0 Å². The first kappa shape index (κ1) is 15.2. The third-order valence-corrected chi connectivity index (χ3v) is 5.09. The van der Waals surface area contributed by atoms with Crippen molar-refractivity contribution in [3.05, 3.63) is 69.4 Å². The third kappa shape index (κ3) is 1.91. The second kappa shape index (κ2) is 5.32. The molecule has 4 rings (SSSR count). The zero-order chi connectivity index (χ0) is 17.0. The van der Waals surface area contributed by atoms with Gasteiger partial charge < -0.3 is 9.67 Å². The van der Waals surface area contributed by atoms with Gasteiger partial charge >= 0.3 is 0 Å². The van der Waals surface area contributed by atoms with E-state index in [1.54, 1.807) is 0 Å². The molecule has 1 atom stereocenters. The topological polar surface area (TPSA) is 42.2 Å². The molecule has 24 heavy (non-hydrogen) atoms. The van der Waals surface area contributed by atoms with E-state index in [0.29, 0.717) is 16.9 Å². The quantitative estimate of drug-likeness (QED) is 0.769. The summed E-state index contributed by atoms with van der Waals surface area (Å²) in [5.41, 5.74) is 5.22. The zero-order valence-electron chi connectivity index (χ0n) is 14.2. The molecule has 1 unspecified atom stereocenters. The largest absolute Gasteiger partial charge is 0.383 e. The maximum atomic E-state index is 13.2. The minimum atomic E-state index is -0.839. The number of hydrogen-bond acceptors (Lipinski definition) is 2. The van der Waals surface area contributed by atoms with Crippen molar-refractivity contribution in [1.82, 2.24) is 4.57 Å². The van der Waals surface area contributed by atoms with Gasteiger partial charge in [-0.05, 0) is 36.1 Å². The molecule has 0 amide bonds. The maximum Gasteiger partial charge on any atom is 0.196 e. The number of fused-ring (bicyclic) bond motifs is 4. The van der Waals surface area contributed by atoms with Crippen LogP contribution in [0.1, 0.15) is 49.5 Å². The van der Waals surface area contributed by atoms with Gasteiger partial charge in [0.05, 0.1) is 16.8 Å². The molecular formula is C21H21NO2. The molecule has 0 saturated heterocycles. The second-order valence-corrected chi connectivity index (χ2v) is 6.76. The van der Waals surface area contributed by atoms with Gasteiger partial charge in [-0.1, -0.05) is 44.2 Å². The average Bonchev–Trinajstić information content (AvgIpc) is 2.89. The summed E-state index contributed by atoms with van der Waals surface area (Å²) in [7, 11) is 0. The highest BCUT2D eigenvalue weighted by molar-refractivity contribution is 5.88. The van der Waals surface area contributed by atoms with E-state index < -0.39 is 6.10 Å². The van der Waals surface area contributed by atoms with Crippen molar-refractivity contribution in [2.45, 2.75) is 39.3 Å². The number of nitrogens with zero attached hydrogens (tertiary/aromatic N) is 1. The van der Waals surface area contributed by atoms with E-state index in [1.165, 1.54) is 0 Å². The van der Waals surface area contributed by atoms with Crippen molar-refractivity contribution in [1.29, 1.82) is 0 Å². The van der Waals surface area contributed by atoms with Crippen LogP contribution in [0.5, 0.6) is 0 Å². The zero-order valence-corrected chi connectivity index (χ0v) is 14.2. The Bertz CT molecular complexity index is 1010. The lowest BCUT2D eigenvalue weighted by Crippen LogP contribution is -2.17. The maximum absolute atomic E-state index is 13.2. The van der Waals surface area contributed by atoms with E-state index in [0.717, 1.165) is 34.4 Å². The van der Waals surface area contributed by atoms with E-state index in [-0.39, 0.29) is 5.43 Å². The number of rotatable bonds is 2. The molecule has 0 saturated carbocycles. The minimum Gasteiger partial charge on any atom is -0.383 e. The number of hydrogen-bond donors (Lipinski definition) is 1. The summed E-state index contributed by atoms with van der Waals surface area (Å²) in [5.74, 6) is 0.360. The van der Waals surface area contributed by atoms with Crippen LogP contribution in [0.15, 0.2) is 47.3 Å². The molecule has 0 spiro atoms. The number of benzene rings is 2. The first-order valence-corrected chi connectivity index (χ1v) is 8.52. The summed E-state index contributed by atoms with van der Waals surface area (Å²) in [5, 5.41) is 11.5. The monoisotopic (exact) mass is 319 g/mol. The smallest absolute Gasteiger partial charge is 0.196 e.